The molecule has 0 atom stereocenters. The summed E-state index contributed by atoms with van der Waals surface area (Å²) < 4.78 is 15.3. The van der Waals surface area contributed by atoms with Crippen molar-refractivity contribution in [1.29, 1.82) is 0 Å². The highest BCUT2D eigenvalue weighted by molar-refractivity contribution is 6.11. The van der Waals surface area contributed by atoms with Crippen molar-refractivity contribution in [2.75, 3.05) is 5.32 Å². The van der Waals surface area contributed by atoms with Crippen LogP contribution in [0.25, 0.3) is 10.9 Å². The minimum absolute atomic E-state index is 0.309. The summed E-state index contributed by atoms with van der Waals surface area (Å²) in [4.78, 5) is 24.4. The van der Waals surface area contributed by atoms with E-state index < -0.39 is 5.91 Å². The van der Waals surface area contributed by atoms with Gasteiger partial charge in [0.05, 0.1) is 5.52 Å². The molecular formula is C21H21FN4O2. The molecule has 2 aromatic carbocycles. The van der Waals surface area contributed by atoms with Crippen molar-refractivity contribution < 1.29 is 14.0 Å². The van der Waals surface area contributed by atoms with Gasteiger partial charge in [-0.15, -0.1) is 0 Å². The second-order valence-corrected chi connectivity index (χ2v) is 7.24. The first-order valence-electron chi connectivity index (χ1n) is 9.38. The number of aromatic nitrogens is 2. The van der Waals surface area contributed by atoms with E-state index in [4.69, 9.17) is 5.73 Å². The summed E-state index contributed by atoms with van der Waals surface area (Å²) in [7, 11) is 0. The molecule has 0 spiro atoms. The van der Waals surface area contributed by atoms with Crippen molar-refractivity contribution in [2.24, 2.45) is 11.7 Å². The molecule has 2 amide bonds. The molecule has 3 aromatic rings. The quantitative estimate of drug-likeness (QED) is 0.707. The van der Waals surface area contributed by atoms with Gasteiger partial charge in [0.15, 0.2) is 0 Å². The number of hydrogen-bond acceptors (Lipinski definition) is 3. The Morgan fingerprint density at radius 1 is 1.18 bits per heavy atom. The molecule has 1 aliphatic rings. The number of amides is 2. The van der Waals surface area contributed by atoms with E-state index in [0.717, 1.165) is 12.8 Å². The second-order valence-electron chi connectivity index (χ2n) is 7.24. The first kappa shape index (κ1) is 18.2. The van der Waals surface area contributed by atoms with E-state index in [9.17, 15) is 14.0 Å². The zero-order valence-electron chi connectivity index (χ0n) is 15.3. The summed E-state index contributed by atoms with van der Waals surface area (Å²) in [5, 5.41) is 7.90. The molecule has 28 heavy (non-hydrogen) atoms. The Labute approximate surface area is 161 Å². The number of primary amides is 1. The van der Waals surface area contributed by atoms with Crippen LogP contribution in [0.3, 0.4) is 0 Å². The minimum Gasteiger partial charge on any atom is -0.366 e. The van der Waals surface area contributed by atoms with Gasteiger partial charge in [-0.1, -0.05) is 18.9 Å². The highest BCUT2D eigenvalue weighted by atomic mass is 19.1. The molecule has 1 heterocycles. The molecule has 1 aliphatic carbocycles. The zero-order chi connectivity index (χ0) is 19.7. The van der Waals surface area contributed by atoms with Crippen molar-refractivity contribution in [3.8, 4) is 0 Å². The fourth-order valence-electron chi connectivity index (χ4n) is 3.86. The fourth-order valence-corrected chi connectivity index (χ4v) is 3.86. The lowest BCUT2D eigenvalue weighted by Gasteiger charge is -2.13. The monoisotopic (exact) mass is 380 g/mol. The number of benzene rings is 2. The molecule has 0 bridgehead atoms. The van der Waals surface area contributed by atoms with Gasteiger partial charge < -0.3 is 11.1 Å². The molecule has 6 nitrogen and oxygen atoms in total. The van der Waals surface area contributed by atoms with Gasteiger partial charge in [0.25, 0.3) is 5.91 Å². The maximum absolute atomic E-state index is 13.7. The maximum Gasteiger partial charge on any atom is 0.274 e. The zero-order valence-corrected chi connectivity index (χ0v) is 15.3. The topological polar surface area (TPSA) is 90.0 Å². The number of fused-ring (bicyclic) bond motifs is 1. The Bertz CT molecular complexity index is 1050. The van der Waals surface area contributed by atoms with Gasteiger partial charge in [0, 0.05) is 29.2 Å². The smallest absolute Gasteiger partial charge is 0.274 e. The lowest BCUT2D eigenvalue weighted by Crippen LogP contribution is -2.20. The normalized spacial score (nSPS) is 14.5. The van der Waals surface area contributed by atoms with E-state index >= 15 is 0 Å². The van der Waals surface area contributed by atoms with Crippen molar-refractivity contribution in [1.82, 2.24) is 9.78 Å². The van der Waals surface area contributed by atoms with Crippen LogP contribution < -0.4 is 11.1 Å². The van der Waals surface area contributed by atoms with Crippen LogP contribution in [0.1, 0.15) is 46.5 Å². The summed E-state index contributed by atoms with van der Waals surface area (Å²) in [5.41, 5.74) is 6.93. The number of rotatable bonds is 5. The fraction of sp³-hybridized carbons (Fsp3) is 0.286. The van der Waals surface area contributed by atoms with Crippen molar-refractivity contribution in [2.45, 2.75) is 32.2 Å². The van der Waals surface area contributed by atoms with Crippen LogP contribution in [-0.2, 0) is 6.54 Å². The second kappa shape index (κ2) is 7.42. The van der Waals surface area contributed by atoms with Crippen LogP contribution in [0.2, 0.25) is 0 Å². The van der Waals surface area contributed by atoms with Gasteiger partial charge in [-0.3, -0.25) is 14.3 Å². The van der Waals surface area contributed by atoms with Crippen molar-refractivity contribution in [3.05, 3.63) is 59.5 Å². The molecular weight excluding hydrogens is 359 g/mol. The molecule has 7 heteroatoms. The van der Waals surface area contributed by atoms with Crippen LogP contribution in [0.15, 0.2) is 42.5 Å². The molecule has 1 fully saturated rings. The third-order valence-corrected chi connectivity index (χ3v) is 5.23. The Morgan fingerprint density at radius 2 is 1.96 bits per heavy atom. The number of carbonyl (C=O) groups excluding carboxylic acids is 2. The molecule has 0 aliphatic heterocycles. The van der Waals surface area contributed by atoms with Crippen molar-refractivity contribution >= 4 is 28.4 Å². The first-order chi connectivity index (χ1) is 13.5. The SMILES string of the molecule is NC(=O)c1cccc(NC(=O)c2c3ccc(F)cc3nn2CC2CCCC2)c1. The van der Waals surface area contributed by atoms with Gasteiger partial charge in [-0.2, -0.15) is 5.10 Å². The third-order valence-electron chi connectivity index (χ3n) is 5.23. The van der Waals surface area contributed by atoms with Crippen LogP contribution in [-0.4, -0.2) is 21.6 Å². The van der Waals surface area contributed by atoms with E-state index in [0.29, 0.717) is 40.3 Å². The van der Waals surface area contributed by atoms with E-state index in [2.05, 4.69) is 10.4 Å². The van der Waals surface area contributed by atoms with E-state index in [1.165, 1.54) is 31.0 Å². The maximum atomic E-state index is 13.7. The lowest BCUT2D eigenvalue weighted by atomic mass is 10.1. The minimum atomic E-state index is -0.566. The number of carbonyl (C=O) groups is 2. The van der Waals surface area contributed by atoms with E-state index in [1.807, 2.05) is 0 Å². The van der Waals surface area contributed by atoms with E-state index in [1.54, 1.807) is 28.9 Å². The van der Waals surface area contributed by atoms with Crippen LogP contribution in [0.5, 0.6) is 0 Å². The number of hydrogen-bond donors (Lipinski definition) is 2. The number of nitrogens with one attached hydrogen (secondary N) is 1. The van der Waals surface area contributed by atoms with Gasteiger partial charge in [0.1, 0.15) is 11.5 Å². The van der Waals surface area contributed by atoms with Gasteiger partial charge >= 0.3 is 0 Å². The molecule has 1 aromatic heterocycles. The Hall–Kier alpha value is -3.22. The Balaban J connectivity index is 1.70. The van der Waals surface area contributed by atoms with E-state index in [-0.39, 0.29) is 11.7 Å². The predicted molar refractivity (Wildman–Crippen MR) is 105 cm³/mol. The van der Waals surface area contributed by atoms with Gasteiger partial charge in [-0.05, 0) is 49.1 Å². The summed E-state index contributed by atoms with van der Waals surface area (Å²) in [5.74, 6) is -0.847. The van der Waals surface area contributed by atoms with Crippen molar-refractivity contribution in [3.63, 3.8) is 0 Å². The highest BCUT2D eigenvalue weighted by Crippen LogP contribution is 2.28. The Morgan fingerprint density at radius 3 is 2.71 bits per heavy atom. The summed E-state index contributed by atoms with van der Waals surface area (Å²) in [6.45, 7) is 0.625. The largest absolute Gasteiger partial charge is 0.366 e. The molecule has 1 saturated carbocycles. The average Bonchev–Trinajstić information content (AvgIpc) is 3.29. The van der Waals surface area contributed by atoms with Crippen LogP contribution in [0.4, 0.5) is 10.1 Å². The van der Waals surface area contributed by atoms with Crippen LogP contribution in [0, 0.1) is 11.7 Å². The van der Waals surface area contributed by atoms with Crippen LogP contribution >= 0.6 is 0 Å². The first-order valence-corrected chi connectivity index (χ1v) is 9.38. The summed E-state index contributed by atoms with van der Waals surface area (Å²) in [6, 6.07) is 10.7. The number of anilines is 1. The summed E-state index contributed by atoms with van der Waals surface area (Å²) in [6.07, 6.45) is 4.57. The van der Waals surface area contributed by atoms with Gasteiger partial charge in [0.2, 0.25) is 5.91 Å². The average molecular weight is 380 g/mol. The lowest BCUT2D eigenvalue weighted by molar-refractivity contribution is 0.0994. The predicted octanol–water partition coefficient (Wildman–Crippen LogP) is 3.72. The summed E-state index contributed by atoms with van der Waals surface area (Å²) >= 11 is 0. The molecule has 0 unspecified atom stereocenters. The number of nitrogens with two attached hydrogens (primary N) is 1. The third kappa shape index (κ3) is 3.60. The number of nitrogens with zero attached hydrogens (tertiary/aromatic N) is 2. The molecule has 0 saturated heterocycles. The standard InChI is InChI=1S/C21H21FN4O2/c22-15-8-9-17-18(11-15)25-26(12-13-4-1-2-5-13)19(17)21(28)24-16-7-3-6-14(10-16)20(23)27/h3,6-11,13H,1-2,4-5,12H2,(H2,23,27)(H,24,28). The van der Waals surface area contributed by atoms with Gasteiger partial charge in [-0.25, -0.2) is 4.39 Å². The molecule has 4 rings (SSSR count). The molecule has 3 N–H and O–H groups in total. The molecule has 0 radical (unpaired) electrons. The number of halogens is 1. The highest BCUT2D eigenvalue weighted by Gasteiger charge is 2.23. The Kier molecular flexibility index (Phi) is 4.81. The molecule has 144 valence electrons.